The van der Waals surface area contributed by atoms with Crippen molar-refractivity contribution >= 4 is 17.5 Å². The first-order valence-corrected chi connectivity index (χ1v) is 8.26. The van der Waals surface area contributed by atoms with E-state index in [1.807, 2.05) is 18.2 Å². The van der Waals surface area contributed by atoms with Gasteiger partial charge in [0.2, 0.25) is 0 Å². The van der Waals surface area contributed by atoms with Gasteiger partial charge in [0.25, 0.3) is 5.91 Å². The molecule has 1 aliphatic heterocycles. The third kappa shape index (κ3) is 3.14. The number of furan rings is 1. The van der Waals surface area contributed by atoms with Crippen molar-refractivity contribution in [1.82, 2.24) is 4.90 Å². The van der Waals surface area contributed by atoms with Crippen LogP contribution in [0.1, 0.15) is 35.4 Å². The summed E-state index contributed by atoms with van der Waals surface area (Å²) in [4.78, 5) is 14.6. The molecule has 3 rings (SSSR count). The largest absolute Gasteiger partial charge is 0.460 e. The third-order valence-electron chi connectivity index (χ3n) is 4.39. The summed E-state index contributed by atoms with van der Waals surface area (Å²) in [6.07, 6.45) is 2.86. The van der Waals surface area contributed by atoms with Gasteiger partial charge in [0.15, 0.2) is 0 Å². The van der Waals surface area contributed by atoms with E-state index >= 15 is 0 Å². The minimum Gasteiger partial charge on any atom is -0.460 e. The van der Waals surface area contributed by atoms with Gasteiger partial charge in [-0.2, -0.15) is 0 Å². The molecule has 1 aromatic carbocycles. The number of hydrogen-bond acceptors (Lipinski definition) is 3. The standard InChI is InChI=1S/C18H20ClNO3/c1-12-15(18(22)20-9-5-4-6-13(20)11-21)10-17(23-12)14-7-2-3-8-16(14)19/h2-3,7-8,10,13,21H,4-6,9,11H2,1H3/t13-/m0/s1. The van der Waals surface area contributed by atoms with Crippen LogP contribution in [0.15, 0.2) is 34.7 Å². The maximum atomic E-state index is 12.8. The zero-order valence-electron chi connectivity index (χ0n) is 13.1. The van der Waals surface area contributed by atoms with E-state index in [2.05, 4.69) is 0 Å². The molecule has 0 bridgehead atoms. The number of nitrogens with zero attached hydrogens (tertiary/aromatic N) is 1. The first-order chi connectivity index (χ1) is 11.1. The van der Waals surface area contributed by atoms with Crippen LogP contribution in [0.5, 0.6) is 0 Å². The SMILES string of the molecule is Cc1oc(-c2ccccc2Cl)cc1C(=O)N1CCCC[C@H]1CO. The molecule has 122 valence electrons. The molecule has 2 aromatic rings. The average Bonchev–Trinajstić information content (AvgIpc) is 2.96. The number of aliphatic hydroxyl groups excluding tert-OH is 1. The van der Waals surface area contributed by atoms with E-state index in [0.29, 0.717) is 28.7 Å². The highest BCUT2D eigenvalue weighted by molar-refractivity contribution is 6.33. The zero-order chi connectivity index (χ0) is 16.4. The maximum Gasteiger partial charge on any atom is 0.257 e. The normalized spacial score (nSPS) is 18.2. The van der Waals surface area contributed by atoms with Crippen LogP contribution in [-0.2, 0) is 0 Å². The van der Waals surface area contributed by atoms with Crippen molar-refractivity contribution in [3.8, 4) is 11.3 Å². The van der Waals surface area contributed by atoms with Crippen LogP contribution in [0, 0.1) is 6.92 Å². The second kappa shape index (κ2) is 6.77. The molecule has 1 fully saturated rings. The lowest BCUT2D eigenvalue weighted by Crippen LogP contribution is -2.45. The van der Waals surface area contributed by atoms with Crippen molar-refractivity contribution in [2.45, 2.75) is 32.2 Å². The van der Waals surface area contributed by atoms with Crippen LogP contribution in [0.25, 0.3) is 11.3 Å². The Labute approximate surface area is 140 Å². The van der Waals surface area contributed by atoms with Crippen molar-refractivity contribution in [2.24, 2.45) is 0 Å². The predicted molar refractivity (Wildman–Crippen MR) is 89.7 cm³/mol. The molecule has 0 spiro atoms. The van der Waals surface area contributed by atoms with Crippen LogP contribution in [0.4, 0.5) is 0 Å². The number of carbonyl (C=O) groups is 1. The first-order valence-electron chi connectivity index (χ1n) is 7.89. The Morgan fingerprint density at radius 1 is 1.39 bits per heavy atom. The van der Waals surface area contributed by atoms with Gasteiger partial charge in [0.05, 0.1) is 23.2 Å². The number of halogens is 1. The van der Waals surface area contributed by atoms with E-state index in [4.69, 9.17) is 16.0 Å². The summed E-state index contributed by atoms with van der Waals surface area (Å²) < 4.78 is 5.77. The number of amides is 1. The third-order valence-corrected chi connectivity index (χ3v) is 4.72. The molecule has 23 heavy (non-hydrogen) atoms. The summed E-state index contributed by atoms with van der Waals surface area (Å²) >= 11 is 6.21. The maximum absolute atomic E-state index is 12.8. The molecule has 1 aliphatic rings. The molecular weight excluding hydrogens is 314 g/mol. The van der Waals surface area contributed by atoms with Crippen LogP contribution in [-0.4, -0.2) is 35.1 Å². The second-order valence-corrected chi connectivity index (χ2v) is 6.30. The summed E-state index contributed by atoms with van der Waals surface area (Å²) in [6.45, 7) is 2.46. The Bertz CT molecular complexity index is 710. The molecule has 1 aromatic heterocycles. The number of aliphatic hydroxyl groups is 1. The highest BCUT2D eigenvalue weighted by Crippen LogP contribution is 2.32. The van der Waals surface area contributed by atoms with Gasteiger partial charge in [-0.25, -0.2) is 0 Å². The Kier molecular flexibility index (Phi) is 4.74. The number of likely N-dealkylation sites (tertiary alicyclic amines) is 1. The summed E-state index contributed by atoms with van der Waals surface area (Å²) in [5.74, 6) is 1.09. The van der Waals surface area contributed by atoms with Crippen LogP contribution in [0.3, 0.4) is 0 Å². The lowest BCUT2D eigenvalue weighted by molar-refractivity contribution is 0.0501. The minimum atomic E-state index is -0.102. The molecule has 1 saturated heterocycles. The number of benzene rings is 1. The molecular formula is C18H20ClNO3. The Hall–Kier alpha value is -1.78. The van der Waals surface area contributed by atoms with E-state index in [9.17, 15) is 9.90 Å². The fourth-order valence-corrected chi connectivity index (χ4v) is 3.33. The molecule has 0 saturated carbocycles. The van der Waals surface area contributed by atoms with E-state index in [0.717, 1.165) is 24.8 Å². The molecule has 5 heteroatoms. The highest BCUT2D eigenvalue weighted by Gasteiger charge is 2.29. The lowest BCUT2D eigenvalue weighted by atomic mass is 10.0. The number of hydrogen-bond donors (Lipinski definition) is 1. The van der Waals surface area contributed by atoms with E-state index in [1.165, 1.54) is 0 Å². The van der Waals surface area contributed by atoms with Gasteiger partial charge in [-0.3, -0.25) is 4.79 Å². The number of piperidine rings is 1. The molecule has 1 amide bonds. The lowest BCUT2D eigenvalue weighted by Gasteiger charge is -2.34. The summed E-state index contributed by atoms with van der Waals surface area (Å²) in [6, 6.07) is 9.05. The van der Waals surface area contributed by atoms with Crippen molar-refractivity contribution in [3.63, 3.8) is 0 Å². The smallest absolute Gasteiger partial charge is 0.257 e. The molecule has 1 atom stereocenters. The first kappa shape index (κ1) is 16.1. The van der Waals surface area contributed by atoms with Gasteiger partial charge < -0.3 is 14.4 Å². The van der Waals surface area contributed by atoms with Crippen molar-refractivity contribution < 1.29 is 14.3 Å². The van der Waals surface area contributed by atoms with Gasteiger partial charge in [0.1, 0.15) is 11.5 Å². The van der Waals surface area contributed by atoms with Crippen LogP contribution >= 0.6 is 11.6 Å². The summed E-state index contributed by atoms with van der Waals surface area (Å²) in [7, 11) is 0. The number of rotatable bonds is 3. The molecule has 2 heterocycles. The second-order valence-electron chi connectivity index (χ2n) is 5.89. The monoisotopic (exact) mass is 333 g/mol. The van der Waals surface area contributed by atoms with Gasteiger partial charge >= 0.3 is 0 Å². The van der Waals surface area contributed by atoms with Gasteiger partial charge in [0, 0.05) is 12.1 Å². The van der Waals surface area contributed by atoms with Crippen LogP contribution < -0.4 is 0 Å². The topological polar surface area (TPSA) is 53.7 Å². The zero-order valence-corrected chi connectivity index (χ0v) is 13.8. The Morgan fingerprint density at radius 2 is 2.17 bits per heavy atom. The average molecular weight is 334 g/mol. The number of carbonyl (C=O) groups excluding carboxylic acids is 1. The minimum absolute atomic E-state index is 0.00000953. The quantitative estimate of drug-likeness (QED) is 0.927. The van der Waals surface area contributed by atoms with Crippen molar-refractivity contribution in [1.29, 1.82) is 0 Å². The van der Waals surface area contributed by atoms with Crippen LogP contribution in [0.2, 0.25) is 5.02 Å². The van der Waals surface area contributed by atoms with Gasteiger partial charge in [-0.05, 0) is 44.4 Å². The van der Waals surface area contributed by atoms with E-state index < -0.39 is 0 Å². The molecule has 0 radical (unpaired) electrons. The molecule has 1 N–H and O–H groups in total. The fraction of sp³-hybridized carbons (Fsp3) is 0.389. The fourth-order valence-electron chi connectivity index (χ4n) is 3.10. The van der Waals surface area contributed by atoms with Gasteiger partial charge in [-0.15, -0.1) is 0 Å². The Balaban J connectivity index is 1.92. The van der Waals surface area contributed by atoms with Crippen molar-refractivity contribution in [2.75, 3.05) is 13.2 Å². The summed E-state index contributed by atoms with van der Waals surface area (Å²) in [5, 5.41) is 10.1. The molecule has 4 nitrogen and oxygen atoms in total. The highest BCUT2D eigenvalue weighted by atomic mass is 35.5. The van der Waals surface area contributed by atoms with Crippen molar-refractivity contribution in [3.05, 3.63) is 46.7 Å². The number of aryl methyl sites for hydroxylation is 1. The molecule has 0 unspecified atom stereocenters. The van der Waals surface area contributed by atoms with E-state index in [-0.39, 0.29) is 18.6 Å². The van der Waals surface area contributed by atoms with Gasteiger partial charge in [-0.1, -0.05) is 23.7 Å². The van der Waals surface area contributed by atoms with E-state index in [1.54, 1.807) is 24.0 Å². The molecule has 0 aliphatic carbocycles. The Morgan fingerprint density at radius 3 is 2.91 bits per heavy atom. The summed E-state index contributed by atoms with van der Waals surface area (Å²) in [5.41, 5.74) is 1.31. The predicted octanol–water partition coefficient (Wildman–Crippen LogP) is 3.90.